The summed E-state index contributed by atoms with van der Waals surface area (Å²) in [6.45, 7) is -0.478. The highest BCUT2D eigenvalue weighted by molar-refractivity contribution is 5.79. The molecule has 1 atom stereocenters. The third-order valence-corrected chi connectivity index (χ3v) is 2.81. The fourth-order valence-corrected chi connectivity index (χ4v) is 1.87. The Labute approximate surface area is 139 Å². The lowest BCUT2D eigenvalue weighted by Gasteiger charge is -2.18. The molecule has 1 aromatic carbocycles. The minimum atomic E-state index is -3.37. The third-order valence-electron chi connectivity index (χ3n) is 2.81. The number of carbonyl (C=O) groups excluding carboxylic acids is 1. The van der Waals surface area contributed by atoms with Crippen LogP contribution in [0.4, 0.5) is 0 Å². The number of ether oxygens (including phenoxy) is 2. The van der Waals surface area contributed by atoms with Gasteiger partial charge in [-0.05, 0) is 43.2 Å². The summed E-state index contributed by atoms with van der Waals surface area (Å²) in [5.41, 5.74) is -0.228. The standard InChI is InChI=1S/C16H21NO3/c1-19-14-7-6-11(12-9-16(18)17-10-12)8-15(14)20-13-4-2-3-5-13/h6-8,12-13H,2-5,9-10H2,1H3,(H,17,18)/i1D3,2D2,3D2,4D2,5D2,9D2,12D. The zero-order chi connectivity index (χ0) is 26.3. The minimum absolute atomic E-state index is 0.228. The van der Waals surface area contributed by atoms with Gasteiger partial charge in [-0.3, -0.25) is 4.79 Å². The van der Waals surface area contributed by atoms with Crippen LogP contribution in [0.15, 0.2) is 18.2 Å². The molecular weight excluding hydrogens is 254 g/mol. The van der Waals surface area contributed by atoms with Crippen molar-refractivity contribution in [2.75, 3.05) is 13.6 Å². The molecule has 20 heavy (non-hydrogen) atoms. The number of hydrogen-bond acceptors (Lipinski definition) is 3. The summed E-state index contributed by atoms with van der Waals surface area (Å²) >= 11 is 0. The Morgan fingerprint density at radius 2 is 2.25 bits per heavy atom. The van der Waals surface area contributed by atoms with Crippen LogP contribution >= 0.6 is 0 Å². The van der Waals surface area contributed by atoms with E-state index in [1.807, 2.05) is 0 Å². The van der Waals surface area contributed by atoms with Gasteiger partial charge in [-0.1, -0.05) is 6.07 Å². The molecule has 0 radical (unpaired) electrons. The largest absolute Gasteiger partial charge is 0.493 e. The van der Waals surface area contributed by atoms with E-state index in [0.717, 1.165) is 18.2 Å². The van der Waals surface area contributed by atoms with Crippen molar-refractivity contribution in [1.82, 2.24) is 5.32 Å². The van der Waals surface area contributed by atoms with Gasteiger partial charge in [-0.25, -0.2) is 0 Å². The molecule has 0 bridgehead atoms. The van der Waals surface area contributed by atoms with Gasteiger partial charge in [0.15, 0.2) is 11.5 Å². The van der Waals surface area contributed by atoms with Gasteiger partial charge in [0, 0.05) is 33.9 Å². The van der Waals surface area contributed by atoms with Crippen LogP contribution in [0.2, 0.25) is 0 Å². The van der Waals surface area contributed by atoms with Crippen molar-refractivity contribution in [2.24, 2.45) is 0 Å². The Hall–Kier alpha value is -1.71. The maximum Gasteiger partial charge on any atom is 0.220 e. The summed E-state index contributed by atoms with van der Waals surface area (Å²) in [5, 5.41) is 2.21. The van der Waals surface area contributed by atoms with Gasteiger partial charge in [0.2, 0.25) is 5.91 Å². The SMILES string of the molecule is [2H]C([2H])([2H])Oc1ccc(C2([2H])CNC(=O)C2([2H])[2H])cc1OC1C([2H])([2H])C([2H])([2H])C([2H])([2H])C1([2H])[2H]. The maximum absolute atomic E-state index is 11.9. The third kappa shape index (κ3) is 2.74. The van der Waals surface area contributed by atoms with Gasteiger partial charge >= 0.3 is 0 Å². The van der Waals surface area contributed by atoms with E-state index in [1.54, 1.807) is 0 Å². The van der Waals surface area contributed by atoms with Gasteiger partial charge in [0.1, 0.15) is 0 Å². The molecule has 1 saturated carbocycles. The summed E-state index contributed by atoms with van der Waals surface area (Å²) in [4.78, 5) is 11.9. The minimum Gasteiger partial charge on any atom is -0.493 e. The molecule has 2 fully saturated rings. The first kappa shape index (κ1) is 4.65. The molecule has 1 aliphatic carbocycles. The van der Waals surface area contributed by atoms with E-state index in [2.05, 4.69) is 5.32 Å². The molecule has 1 unspecified atom stereocenters. The first-order chi connectivity index (χ1) is 15.0. The Morgan fingerprint density at radius 1 is 1.40 bits per heavy atom. The van der Waals surface area contributed by atoms with Gasteiger partial charge in [-0.15, -0.1) is 0 Å². The van der Waals surface area contributed by atoms with E-state index in [0.29, 0.717) is 0 Å². The molecule has 1 aromatic rings. The number of amides is 1. The molecule has 4 nitrogen and oxygen atoms in total. The van der Waals surface area contributed by atoms with Gasteiger partial charge in [0.25, 0.3) is 0 Å². The predicted octanol–water partition coefficient (Wildman–Crippen LogP) is 2.62. The number of rotatable bonds is 4. The van der Waals surface area contributed by atoms with E-state index >= 15 is 0 Å². The highest BCUT2D eigenvalue weighted by Crippen LogP contribution is 2.35. The summed E-state index contributed by atoms with van der Waals surface area (Å²) in [7, 11) is -3.06. The van der Waals surface area contributed by atoms with Crippen molar-refractivity contribution < 1.29 is 33.5 Å². The Kier molecular flexibility index (Phi) is 1.33. The molecule has 108 valence electrons. The molecule has 4 heteroatoms. The zero-order valence-electron chi connectivity index (χ0n) is 24.2. The van der Waals surface area contributed by atoms with Crippen LogP contribution in [-0.2, 0) is 4.79 Å². The zero-order valence-corrected chi connectivity index (χ0v) is 10.2. The second kappa shape index (κ2) is 5.73. The lowest BCUT2D eigenvalue weighted by Crippen LogP contribution is -2.14. The monoisotopic (exact) mass is 289 g/mol. The van der Waals surface area contributed by atoms with Crippen molar-refractivity contribution in [1.29, 1.82) is 0 Å². The lowest BCUT2D eigenvalue weighted by molar-refractivity contribution is -0.119. The fraction of sp³-hybridized carbons (Fsp3) is 0.562. The number of nitrogens with one attached hydrogen (secondary N) is 1. The topological polar surface area (TPSA) is 47.6 Å². The Morgan fingerprint density at radius 3 is 2.95 bits per heavy atom. The number of hydrogen-bond donors (Lipinski definition) is 1. The van der Waals surface area contributed by atoms with E-state index in [4.69, 9.17) is 28.7 Å². The van der Waals surface area contributed by atoms with Crippen LogP contribution in [0.1, 0.15) is 62.5 Å². The maximum atomic E-state index is 11.9. The average molecular weight is 289 g/mol. The molecule has 2 aliphatic rings. The van der Waals surface area contributed by atoms with E-state index < -0.39 is 74.9 Å². The van der Waals surface area contributed by atoms with E-state index in [9.17, 15) is 4.79 Å². The summed E-state index contributed by atoms with van der Waals surface area (Å²) in [6.07, 6.45) is -18.4. The highest BCUT2D eigenvalue weighted by atomic mass is 16.5. The Balaban J connectivity index is 2.16. The quantitative estimate of drug-likeness (QED) is 0.927. The molecule has 1 aliphatic heterocycles. The van der Waals surface area contributed by atoms with Gasteiger partial charge in [-0.2, -0.15) is 0 Å². The highest BCUT2D eigenvalue weighted by Gasteiger charge is 2.25. The fourth-order valence-electron chi connectivity index (χ4n) is 1.87. The molecule has 0 spiro atoms. The smallest absolute Gasteiger partial charge is 0.220 e. The second-order valence-corrected chi connectivity index (χ2v) is 4.09. The van der Waals surface area contributed by atoms with Crippen LogP contribution in [-0.4, -0.2) is 25.6 Å². The predicted molar refractivity (Wildman–Crippen MR) is 76.2 cm³/mol. The molecule has 0 aromatic heterocycles. The van der Waals surface area contributed by atoms with Crippen LogP contribution in [0, 0.1) is 0 Å². The number of carbonyl (C=O) groups is 1. The summed E-state index contributed by atoms with van der Waals surface area (Å²) < 4.78 is 121. The first-order valence-electron chi connectivity index (χ1n) is 12.8. The summed E-state index contributed by atoms with van der Waals surface area (Å²) in [5.74, 6) is -4.60. The van der Waals surface area contributed by atoms with Crippen LogP contribution in [0.25, 0.3) is 0 Å². The van der Waals surface area contributed by atoms with Crippen molar-refractivity contribution >= 4 is 5.91 Å². The summed E-state index contributed by atoms with van der Waals surface area (Å²) in [6, 6.07) is 2.92. The van der Waals surface area contributed by atoms with Crippen molar-refractivity contribution in [3.8, 4) is 11.5 Å². The lowest BCUT2D eigenvalue weighted by atomic mass is 9.98. The van der Waals surface area contributed by atoms with Crippen molar-refractivity contribution in [3.63, 3.8) is 0 Å². The normalized spacial score (nSPS) is 50.1. The average Bonchev–Trinajstić information content (AvgIpc) is 2.91. The molecule has 3 rings (SSSR count). The van der Waals surface area contributed by atoms with Crippen LogP contribution in [0.5, 0.6) is 11.5 Å². The molecule has 1 saturated heterocycles. The van der Waals surface area contributed by atoms with Crippen LogP contribution in [0.3, 0.4) is 0 Å². The number of methoxy groups -OCH3 is 1. The van der Waals surface area contributed by atoms with Gasteiger partial charge in [0.05, 0.1) is 17.3 Å². The van der Waals surface area contributed by atoms with E-state index in [-0.39, 0.29) is 5.56 Å². The molecular formula is C16H21NO3. The van der Waals surface area contributed by atoms with Crippen molar-refractivity contribution in [3.05, 3.63) is 23.8 Å². The molecule has 1 heterocycles. The van der Waals surface area contributed by atoms with Gasteiger partial charge < -0.3 is 14.8 Å². The van der Waals surface area contributed by atoms with E-state index in [1.165, 1.54) is 0 Å². The number of benzene rings is 1. The van der Waals surface area contributed by atoms with Crippen molar-refractivity contribution in [2.45, 2.75) is 43.9 Å². The first-order valence-corrected chi connectivity index (χ1v) is 5.82. The molecule has 1 amide bonds. The van der Waals surface area contributed by atoms with Crippen LogP contribution < -0.4 is 14.8 Å². The molecule has 1 N–H and O–H groups in total. The Bertz CT molecular complexity index is 981. The second-order valence-electron chi connectivity index (χ2n) is 4.09.